The van der Waals surface area contributed by atoms with Gasteiger partial charge in [-0.15, -0.1) is 0 Å². The SMILES string of the molecule is CO[C@H]1CC[C@H](c2nc3c(-c4cnc5ccc(F)cc5c4)cnn3c(N)c2Br)CC1.O=C(O)O. The number of benzene rings is 1. The fourth-order valence-electron chi connectivity index (χ4n) is 4.31. The van der Waals surface area contributed by atoms with Gasteiger partial charge < -0.3 is 20.7 Å². The number of fused-ring (bicyclic) bond motifs is 2. The van der Waals surface area contributed by atoms with E-state index in [0.29, 0.717) is 23.5 Å². The van der Waals surface area contributed by atoms with Gasteiger partial charge in [-0.2, -0.15) is 9.61 Å². The Morgan fingerprint density at radius 3 is 2.59 bits per heavy atom. The number of hydrogen-bond acceptors (Lipinski definition) is 6. The number of ether oxygens (including phenoxy) is 1. The monoisotopic (exact) mass is 531 g/mol. The molecule has 4 aromatic rings. The van der Waals surface area contributed by atoms with E-state index in [-0.39, 0.29) is 5.82 Å². The molecule has 1 aromatic carbocycles. The molecule has 11 heteroatoms. The highest BCUT2D eigenvalue weighted by molar-refractivity contribution is 9.10. The van der Waals surface area contributed by atoms with Crippen LogP contribution in [-0.4, -0.2) is 49.2 Å². The number of aromatic nitrogens is 4. The summed E-state index contributed by atoms with van der Waals surface area (Å²) in [6, 6.07) is 6.47. The third-order valence-corrected chi connectivity index (χ3v) is 6.81. The first-order chi connectivity index (χ1) is 16.3. The molecule has 0 aliphatic heterocycles. The summed E-state index contributed by atoms with van der Waals surface area (Å²) in [6.45, 7) is 0. The maximum Gasteiger partial charge on any atom is 0.503 e. The molecule has 0 saturated heterocycles. The van der Waals surface area contributed by atoms with Crippen LogP contribution in [-0.2, 0) is 4.74 Å². The second-order valence-electron chi connectivity index (χ2n) is 8.04. The summed E-state index contributed by atoms with van der Waals surface area (Å²) in [5, 5.41) is 19.1. The Balaban J connectivity index is 0.000000636. The number of nitrogen functional groups attached to an aromatic ring is 1. The number of hydrogen-bond donors (Lipinski definition) is 3. The second-order valence-corrected chi connectivity index (χ2v) is 8.84. The summed E-state index contributed by atoms with van der Waals surface area (Å²) in [5.74, 6) is 0.543. The van der Waals surface area contributed by atoms with Crippen LogP contribution in [0.5, 0.6) is 0 Å². The number of pyridine rings is 1. The first-order valence-electron chi connectivity index (χ1n) is 10.6. The van der Waals surface area contributed by atoms with E-state index < -0.39 is 6.16 Å². The standard InChI is InChI=1S/C22H21BrFN5O.CH2O3/c1-30-16-5-2-12(3-6-16)20-19(23)21(25)29-22(28-20)17(11-27-29)14-8-13-9-15(24)4-7-18(13)26-10-14;2-1(3)4/h4,7-12,16H,2-3,5-6,25H2,1H3;(H2,2,3,4)/t12-,16-;. The molecule has 0 radical (unpaired) electrons. The smallest absolute Gasteiger partial charge is 0.450 e. The lowest BCUT2D eigenvalue weighted by molar-refractivity contribution is 0.0654. The van der Waals surface area contributed by atoms with Gasteiger partial charge in [-0.05, 0) is 65.9 Å². The van der Waals surface area contributed by atoms with E-state index in [0.717, 1.165) is 57.9 Å². The van der Waals surface area contributed by atoms with Crippen molar-refractivity contribution in [3.8, 4) is 11.1 Å². The fourth-order valence-corrected chi connectivity index (χ4v) is 4.89. The number of methoxy groups -OCH3 is 1. The summed E-state index contributed by atoms with van der Waals surface area (Å²) in [6.07, 6.45) is 5.99. The zero-order valence-electron chi connectivity index (χ0n) is 18.3. The van der Waals surface area contributed by atoms with E-state index in [1.165, 1.54) is 12.1 Å². The third-order valence-electron chi connectivity index (χ3n) is 6.00. The Kier molecular flexibility index (Phi) is 6.94. The zero-order valence-corrected chi connectivity index (χ0v) is 19.9. The van der Waals surface area contributed by atoms with Crippen LogP contribution in [0.25, 0.3) is 27.7 Å². The van der Waals surface area contributed by atoms with Gasteiger partial charge >= 0.3 is 6.16 Å². The van der Waals surface area contributed by atoms with Crippen LogP contribution in [0.4, 0.5) is 15.0 Å². The Morgan fingerprint density at radius 1 is 1.21 bits per heavy atom. The van der Waals surface area contributed by atoms with Crippen molar-refractivity contribution in [1.29, 1.82) is 0 Å². The first-order valence-corrected chi connectivity index (χ1v) is 11.4. The minimum Gasteiger partial charge on any atom is -0.450 e. The summed E-state index contributed by atoms with van der Waals surface area (Å²) in [4.78, 5) is 18.0. The Morgan fingerprint density at radius 2 is 1.91 bits per heavy atom. The minimum atomic E-state index is -1.83. The maximum absolute atomic E-state index is 13.7. The van der Waals surface area contributed by atoms with Gasteiger partial charge in [-0.25, -0.2) is 14.2 Å². The molecule has 0 spiro atoms. The molecule has 3 aromatic heterocycles. The lowest BCUT2D eigenvalue weighted by atomic mass is 9.85. The molecule has 1 aliphatic rings. The summed E-state index contributed by atoms with van der Waals surface area (Å²) in [7, 11) is 1.77. The highest BCUT2D eigenvalue weighted by Crippen LogP contribution is 2.39. The third kappa shape index (κ3) is 4.80. The zero-order chi connectivity index (χ0) is 24.4. The molecule has 0 bridgehead atoms. The number of nitrogens with two attached hydrogens (primary N) is 1. The average molecular weight is 532 g/mol. The van der Waals surface area contributed by atoms with E-state index in [1.807, 2.05) is 6.07 Å². The van der Waals surface area contributed by atoms with Crippen molar-refractivity contribution >= 4 is 44.5 Å². The van der Waals surface area contributed by atoms with Gasteiger partial charge in [-0.3, -0.25) is 4.98 Å². The van der Waals surface area contributed by atoms with Crippen molar-refractivity contribution in [2.24, 2.45) is 0 Å². The highest BCUT2D eigenvalue weighted by Gasteiger charge is 2.27. The van der Waals surface area contributed by atoms with E-state index in [1.54, 1.807) is 30.1 Å². The summed E-state index contributed by atoms with van der Waals surface area (Å²) in [5.41, 5.74) is 10.4. The van der Waals surface area contributed by atoms with Gasteiger partial charge in [0.15, 0.2) is 5.65 Å². The molecular formula is C23H23BrFN5O4. The molecule has 0 amide bonds. The predicted octanol–water partition coefficient (Wildman–Crippen LogP) is 5.32. The topological polar surface area (TPSA) is 136 Å². The van der Waals surface area contributed by atoms with E-state index in [2.05, 4.69) is 26.0 Å². The molecule has 0 atom stereocenters. The first kappa shape index (κ1) is 23.8. The molecule has 0 unspecified atom stereocenters. The number of anilines is 1. The second kappa shape index (κ2) is 9.90. The highest BCUT2D eigenvalue weighted by atomic mass is 79.9. The number of nitrogens with zero attached hydrogens (tertiary/aromatic N) is 4. The largest absolute Gasteiger partial charge is 0.503 e. The van der Waals surface area contributed by atoms with E-state index >= 15 is 0 Å². The molecule has 3 heterocycles. The molecular weight excluding hydrogens is 509 g/mol. The van der Waals surface area contributed by atoms with Crippen LogP contribution >= 0.6 is 15.9 Å². The van der Waals surface area contributed by atoms with Crippen molar-refractivity contribution in [2.45, 2.75) is 37.7 Å². The average Bonchev–Trinajstić information content (AvgIpc) is 3.25. The fraction of sp³-hybridized carbons (Fsp3) is 0.304. The normalized spacial score (nSPS) is 18.0. The quantitative estimate of drug-likeness (QED) is 0.323. The maximum atomic E-state index is 13.7. The van der Waals surface area contributed by atoms with Gasteiger partial charge in [0, 0.05) is 35.7 Å². The lowest BCUT2D eigenvalue weighted by Gasteiger charge is -2.28. The summed E-state index contributed by atoms with van der Waals surface area (Å²) < 4.78 is 21.6. The molecule has 1 aliphatic carbocycles. The molecule has 1 saturated carbocycles. The molecule has 178 valence electrons. The van der Waals surface area contributed by atoms with E-state index in [4.69, 9.17) is 30.5 Å². The van der Waals surface area contributed by atoms with Gasteiger partial charge in [0.2, 0.25) is 0 Å². The molecule has 4 N–H and O–H groups in total. The molecule has 34 heavy (non-hydrogen) atoms. The Labute approximate surface area is 202 Å². The Bertz CT molecular complexity index is 1350. The van der Waals surface area contributed by atoms with Crippen LogP contribution < -0.4 is 5.73 Å². The Hall–Kier alpha value is -3.31. The van der Waals surface area contributed by atoms with Crippen molar-refractivity contribution in [3.63, 3.8) is 0 Å². The van der Waals surface area contributed by atoms with Crippen molar-refractivity contribution in [2.75, 3.05) is 12.8 Å². The van der Waals surface area contributed by atoms with Crippen molar-refractivity contribution < 1.29 is 24.1 Å². The summed E-state index contributed by atoms with van der Waals surface area (Å²) >= 11 is 3.64. The van der Waals surface area contributed by atoms with Crippen LogP contribution in [0.1, 0.15) is 37.3 Å². The molecule has 5 rings (SSSR count). The number of rotatable bonds is 3. The van der Waals surface area contributed by atoms with Crippen molar-refractivity contribution in [3.05, 3.63) is 52.6 Å². The van der Waals surface area contributed by atoms with Crippen LogP contribution in [0.2, 0.25) is 0 Å². The number of carbonyl (C=O) groups is 1. The van der Waals surface area contributed by atoms with Gasteiger partial charge in [0.05, 0.1) is 28.0 Å². The minimum absolute atomic E-state index is 0.290. The lowest BCUT2D eigenvalue weighted by Crippen LogP contribution is -2.20. The van der Waals surface area contributed by atoms with Gasteiger partial charge in [-0.1, -0.05) is 0 Å². The van der Waals surface area contributed by atoms with Gasteiger partial charge in [0.1, 0.15) is 11.6 Å². The molecule has 1 fully saturated rings. The van der Waals surface area contributed by atoms with Gasteiger partial charge in [0.25, 0.3) is 0 Å². The number of halogens is 2. The molecule has 9 nitrogen and oxygen atoms in total. The number of carboxylic acid groups (broad SMARTS) is 2. The van der Waals surface area contributed by atoms with E-state index in [9.17, 15) is 4.39 Å². The van der Waals surface area contributed by atoms with Crippen molar-refractivity contribution in [1.82, 2.24) is 19.6 Å². The predicted molar refractivity (Wildman–Crippen MR) is 128 cm³/mol. The van der Waals surface area contributed by atoms with Crippen LogP contribution in [0.3, 0.4) is 0 Å². The van der Waals surface area contributed by atoms with Crippen LogP contribution in [0.15, 0.2) is 41.1 Å². The van der Waals surface area contributed by atoms with Crippen LogP contribution in [0, 0.1) is 5.82 Å².